The van der Waals surface area contributed by atoms with E-state index in [1.165, 1.54) is 4.90 Å². The molecule has 1 aromatic rings. The van der Waals surface area contributed by atoms with Gasteiger partial charge in [0.05, 0.1) is 117 Å². The zero-order valence-electron chi connectivity index (χ0n) is 24.6. The molecule has 12 nitrogen and oxygen atoms in total. The number of imide groups is 1. The van der Waals surface area contributed by atoms with E-state index in [4.69, 9.17) is 37.9 Å². The van der Waals surface area contributed by atoms with E-state index in [0.29, 0.717) is 97.0 Å². The van der Waals surface area contributed by atoms with Crippen LogP contribution in [0.2, 0.25) is 0 Å². The summed E-state index contributed by atoms with van der Waals surface area (Å²) in [6.07, 6.45) is 0.224. The van der Waals surface area contributed by atoms with E-state index in [0.717, 1.165) is 0 Å². The molecule has 12 heteroatoms. The number of ether oxygens (including phenoxy) is 8. The summed E-state index contributed by atoms with van der Waals surface area (Å²) in [6.45, 7) is 11.5. The van der Waals surface area contributed by atoms with Gasteiger partial charge in [-0.05, 0) is 32.9 Å². The quantitative estimate of drug-likeness (QED) is 0.101. The van der Waals surface area contributed by atoms with Crippen LogP contribution in [0.25, 0.3) is 0 Å². The molecule has 1 aromatic carbocycles. The second kappa shape index (κ2) is 20.4. The maximum atomic E-state index is 12.3. The number of hydrogen-bond donors (Lipinski definition) is 0. The molecule has 232 valence electrons. The van der Waals surface area contributed by atoms with Crippen LogP contribution in [0, 0.1) is 0 Å². The molecule has 1 aliphatic heterocycles. The van der Waals surface area contributed by atoms with Gasteiger partial charge in [0.1, 0.15) is 5.60 Å². The molecule has 0 saturated heterocycles. The zero-order valence-corrected chi connectivity index (χ0v) is 24.6. The molecule has 0 atom stereocenters. The van der Waals surface area contributed by atoms with Crippen LogP contribution >= 0.6 is 0 Å². The minimum atomic E-state index is -0.479. The first kappa shape index (κ1) is 34.7. The van der Waals surface area contributed by atoms with Gasteiger partial charge < -0.3 is 37.9 Å². The Labute approximate surface area is 242 Å². The van der Waals surface area contributed by atoms with Crippen molar-refractivity contribution < 1.29 is 52.3 Å². The lowest BCUT2D eigenvalue weighted by Crippen LogP contribution is -2.33. The van der Waals surface area contributed by atoms with Gasteiger partial charge in [0.15, 0.2) is 0 Å². The number of carbonyl (C=O) groups excluding carboxylic acids is 3. The van der Waals surface area contributed by atoms with Gasteiger partial charge >= 0.3 is 5.97 Å². The standard InChI is InChI=1S/C29H45NO11/c1-29(2,3)41-26(31)8-10-34-12-14-36-16-18-38-20-22-40-23-21-39-19-17-37-15-13-35-11-9-30-27(32)24-6-4-5-7-25(24)28(30)33/h4-7H,8-23H2,1-3H3. The fourth-order valence-electron chi connectivity index (χ4n) is 3.57. The Balaban J connectivity index is 1.24. The zero-order chi connectivity index (χ0) is 29.8. The number of nitrogens with zero attached hydrogens (tertiary/aromatic N) is 1. The van der Waals surface area contributed by atoms with Crippen LogP contribution in [0.15, 0.2) is 24.3 Å². The summed E-state index contributed by atoms with van der Waals surface area (Å²) in [5.74, 6) is -0.833. The van der Waals surface area contributed by atoms with Crippen LogP contribution < -0.4 is 0 Å². The van der Waals surface area contributed by atoms with E-state index >= 15 is 0 Å². The Kier molecular flexibility index (Phi) is 17.3. The molecule has 0 spiro atoms. The molecule has 1 aliphatic rings. The van der Waals surface area contributed by atoms with Gasteiger partial charge in [0.2, 0.25) is 0 Å². The fraction of sp³-hybridized carbons (Fsp3) is 0.690. The maximum Gasteiger partial charge on any atom is 0.308 e. The van der Waals surface area contributed by atoms with Crippen molar-refractivity contribution in [2.45, 2.75) is 32.8 Å². The van der Waals surface area contributed by atoms with Crippen molar-refractivity contribution in [3.05, 3.63) is 35.4 Å². The number of rotatable bonds is 24. The fourth-order valence-corrected chi connectivity index (χ4v) is 3.57. The van der Waals surface area contributed by atoms with Crippen molar-refractivity contribution in [1.82, 2.24) is 4.90 Å². The molecule has 2 rings (SSSR count). The van der Waals surface area contributed by atoms with Gasteiger partial charge in [0.25, 0.3) is 11.8 Å². The van der Waals surface area contributed by atoms with Gasteiger partial charge in [-0.1, -0.05) is 12.1 Å². The summed E-state index contributed by atoms with van der Waals surface area (Å²) < 4.78 is 43.2. The smallest absolute Gasteiger partial charge is 0.308 e. The van der Waals surface area contributed by atoms with Crippen LogP contribution in [0.3, 0.4) is 0 Å². The monoisotopic (exact) mass is 583 g/mol. The summed E-state index contributed by atoms with van der Waals surface area (Å²) >= 11 is 0. The lowest BCUT2D eigenvalue weighted by Gasteiger charge is -2.19. The first-order chi connectivity index (χ1) is 19.8. The largest absolute Gasteiger partial charge is 0.460 e. The Hall–Kier alpha value is -2.45. The molecule has 0 saturated carbocycles. The van der Waals surface area contributed by atoms with Crippen LogP contribution in [-0.2, 0) is 42.7 Å². The number of hydrogen-bond acceptors (Lipinski definition) is 11. The SMILES string of the molecule is CC(C)(C)OC(=O)CCOCCOCCOCCOCCOCCOCCOCCN1C(=O)c2ccccc2C1=O. The van der Waals surface area contributed by atoms with Crippen LogP contribution in [-0.4, -0.2) is 127 Å². The Morgan fingerprint density at radius 2 is 0.927 bits per heavy atom. The third-order valence-electron chi connectivity index (χ3n) is 5.44. The second-order valence-electron chi connectivity index (χ2n) is 9.93. The van der Waals surface area contributed by atoms with Crippen LogP contribution in [0.4, 0.5) is 0 Å². The van der Waals surface area contributed by atoms with Crippen LogP contribution in [0.1, 0.15) is 47.9 Å². The molecule has 1 heterocycles. The minimum absolute atomic E-state index is 0.212. The molecule has 0 unspecified atom stereocenters. The molecule has 0 aromatic heterocycles. The predicted molar refractivity (Wildman–Crippen MR) is 148 cm³/mol. The number of esters is 1. The summed E-state index contributed by atoms with van der Waals surface area (Å²) in [6, 6.07) is 6.80. The number of fused-ring (bicyclic) bond motifs is 1. The Morgan fingerprint density at radius 3 is 1.29 bits per heavy atom. The average Bonchev–Trinajstić information content (AvgIpc) is 3.17. The molecular weight excluding hydrogens is 538 g/mol. The van der Waals surface area contributed by atoms with Crippen molar-refractivity contribution in [3.63, 3.8) is 0 Å². The van der Waals surface area contributed by atoms with Crippen molar-refractivity contribution in [3.8, 4) is 0 Å². The summed E-state index contributed by atoms with van der Waals surface area (Å²) in [4.78, 5) is 37.3. The van der Waals surface area contributed by atoms with E-state index < -0.39 is 5.60 Å². The van der Waals surface area contributed by atoms with E-state index in [1.54, 1.807) is 24.3 Å². The average molecular weight is 584 g/mol. The summed E-state index contributed by atoms with van der Waals surface area (Å²) in [7, 11) is 0. The first-order valence-electron chi connectivity index (χ1n) is 14.0. The predicted octanol–water partition coefficient (Wildman–Crippen LogP) is 2.13. The van der Waals surface area contributed by atoms with E-state index in [9.17, 15) is 14.4 Å². The highest BCUT2D eigenvalue weighted by atomic mass is 16.6. The third-order valence-corrected chi connectivity index (χ3v) is 5.44. The van der Waals surface area contributed by atoms with Crippen LogP contribution in [0.5, 0.6) is 0 Å². The van der Waals surface area contributed by atoms with Crippen molar-refractivity contribution in [2.24, 2.45) is 0 Å². The number of carbonyl (C=O) groups is 3. The molecule has 0 fully saturated rings. The normalized spacial score (nSPS) is 13.2. The molecular formula is C29H45NO11. The van der Waals surface area contributed by atoms with Crippen molar-refractivity contribution in [1.29, 1.82) is 0 Å². The highest BCUT2D eigenvalue weighted by Gasteiger charge is 2.34. The molecule has 0 radical (unpaired) electrons. The van der Waals surface area contributed by atoms with E-state index in [2.05, 4.69) is 0 Å². The first-order valence-corrected chi connectivity index (χ1v) is 14.0. The summed E-state index contributed by atoms with van der Waals surface area (Å²) in [5.41, 5.74) is 0.400. The van der Waals surface area contributed by atoms with E-state index in [1.807, 2.05) is 20.8 Å². The molecule has 0 N–H and O–H groups in total. The highest BCUT2D eigenvalue weighted by molar-refractivity contribution is 6.21. The molecule has 41 heavy (non-hydrogen) atoms. The van der Waals surface area contributed by atoms with Gasteiger partial charge in [-0.25, -0.2) is 0 Å². The molecule has 0 aliphatic carbocycles. The van der Waals surface area contributed by atoms with Gasteiger partial charge in [-0.15, -0.1) is 0 Å². The molecule has 0 bridgehead atoms. The minimum Gasteiger partial charge on any atom is -0.460 e. The third kappa shape index (κ3) is 15.4. The van der Waals surface area contributed by atoms with Gasteiger partial charge in [-0.2, -0.15) is 0 Å². The van der Waals surface area contributed by atoms with Crippen molar-refractivity contribution >= 4 is 17.8 Å². The molecule has 2 amide bonds. The Bertz CT molecular complexity index is 868. The van der Waals surface area contributed by atoms with E-state index in [-0.39, 0.29) is 37.4 Å². The summed E-state index contributed by atoms with van der Waals surface area (Å²) in [5, 5.41) is 0. The topological polar surface area (TPSA) is 128 Å². The lowest BCUT2D eigenvalue weighted by atomic mass is 10.1. The highest BCUT2D eigenvalue weighted by Crippen LogP contribution is 2.21. The maximum absolute atomic E-state index is 12.3. The number of amides is 2. The second-order valence-corrected chi connectivity index (χ2v) is 9.93. The number of benzene rings is 1. The Morgan fingerprint density at radius 1 is 0.585 bits per heavy atom. The van der Waals surface area contributed by atoms with Gasteiger partial charge in [-0.3, -0.25) is 19.3 Å². The van der Waals surface area contributed by atoms with Gasteiger partial charge in [0, 0.05) is 0 Å². The lowest BCUT2D eigenvalue weighted by molar-refractivity contribution is -0.156. The van der Waals surface area contributed by atoms with Crippen molar-refractivity contribution in [2.75, 3.05) is 99.0 Å².